The van der Waals surface area contributed by atoms with Gasteiger partial charge in [-0.3, -0.25) is 4.79 Å². The quantitative estimate of drug-likeness (QED) is 0.730. The maximum absolute atomic E-state index is 11.9. The van der Waals surface area contributed by atoms with Crippen LogP contribution in [0, 0.1) is 0 Å². The molecule has 1 aliphatic heterocycles. The molecule has 5 heteroatoms. The average molecular weight is 279 g/mol. The molecule has 0 saturated carbocycles. The molecule has 18 heavy (non-hydrogen) atoms. The minimum Gasteiger partial charge on any atom is -0.369 e. The number of nitrogens with one attached hydrogen (secondary N) is 2. The summed E-state index contributed by atoms with van der Waals surface area (Å²) >= 11 is 0. The van der Waals surface area contributed by atoms with Gasteiger partial charge < -0.3 is 15.4 Å². The Morgan fingerprint density at radius 1 is 1.56 bits per heavy atom. The van der Waals surface area contributed by atoms with Crippen LogP contribution in [0.2, 0.25) is 0 Å². The SMILES string of the molecule is CCCCOC(C)C(=O)NC1CCNC(C)C1.Cl. The number of hydrogen-bond acceptors (Lipinski definition) is 3. The van der Waals surface area contributed by atoms with Crippen LogP contribution in [0.15, 0.2) is 0 Å². The molecule has 1 amide bonds. The van der Waals surface area contributed by atoms with Gasteiger partial charge in [0.05, 0.1) is 0 Å². The summed E-state index contributed by atoms with van der Waals surface area (Å²) in [5.41, 5.74) is 0. The molecule has 1 aliphatic rings. The number of carbonyl (C=O) groups is 1. The van der Waals surface area contributed by atoms with Crippen molar-refractivity contribution in [1.82, 2.24) is 10.6 Å². The summed E-state index contributed by atoms with van der Waals surface area (Å²) in [6, 6.07) is 0.793. The first-order valence-electron chi connectivity index (χ1n) is 6.78. The molecule has 108 valence electrons. The normalized spacial score (nSPS) is 25.1. The summed E-state index contributed by atoms with van der Waals surface area (Å²) < 4.78 is 5.48. The van der Waals surface area contributed by atoms with Crippen molar-refractivity contribution in [2.24, 2.45) is 0 Å². The van der Waals surface area contributed by atoms with Crippen LogP contribution in [0.25, 0.3) is 0 Å². The average Bonchev–Trinajstić information content (AvgIpc) is 2.29. The van der Waals surface area contributed by atoms with E-state index in [0.717, 1.165) is 32.2 Å². The summed E-state index contributed by atoms with van der Waals surface area (Å²) in [7, 11) is 0. The molecule has 0 radical (unpaired) electrons. The summed E-state index contributed by atoms with van der Waals surface area (Å²) in [5.74, 6) is 0.0280. The highest BCUT2D eigenvalue weighted by Gasteiger charge is 2.22. The fraction of sp³-hybridized carbons (Fsp3) is 0.923. The van der Waals surface area contributed by atoms with E-state index in [-0.39, 0.29) is 24.4 Å². The molecule has 0 aliphatic carbocycles. The van der Waals surface area contributed by atoms with E-state index < -0.39 is 0 Å². The van der Waals surface area contributed by atoms with Gasteiger partial charge in [-0.05, 0) is 39.7 Å². The van der Waals surface area contributed by atoms with Crippen LogP contribution in [0.5, 0.6) is 0 Å². The van der Waals surface area contributed by atoms with Crippen molar-refractivity contribution in [2.75, 3.05) is 13.2 Å². The maximum atomic E-state index is 11.9. The molecular formula is C13H27ClN2O2. The number of carbonyl (C=O) groups excluding carboxylic acids is 1. The largest absolute Gasteiger partial charge is 0.369 e. The van der Waals surface area contributed by atoms with Crippen molar-refractivity contribution >= 4 is 18.3 Å². The van der Waals surface area contributed by atoms with Crippen molar-refractivity contribution in [2.45, 2.75) is 64.6 Å². The molecule has 1 fully saturated rings. The lowest BCUT2D eigenvalue weighted by atomic mass is 10.0. The number of rotatable bonds is 6. The first kappa shape index (κ1) is 17.7. The van der Waals surface area contributed by atoms with Gasteiger partial charge in [0.2, 0.25) is 5.91 Å². The van der Waals surface area contributed by atoms with Crippen molar-refractivity contribution < 1.29 is 9.53 Å². The van der Waals surface area contributed by atoms with Crippen LogP contribution in [-0.4, -0.2) is 37.2 Å². The molecule has 0 spiro atoms. The Kier molecular flexibility index (Phi) is 9.42. The van der Waals surface area contributed by atoms with Crippen LogP contribution >= 0.6 is 12.4 Å². The van der Waals surface area contributed by atoms with Gasteiger partial charge in [0.25, 0.3) is 0 Å². The lowest BCUT2D eigenvalue weighted by molar-refractivity contribution is -0.132. The van der Waals surface area contributed by atoms with Crippen molar-refractivity contribution in [1.29, 1.82) is 0 Å². The highest BCUT2D eigenvalue weighted by atomic mass is 35.5. The number of halogens is 1. The van der Waals surface area contributed by atoms with Crippen LogP contribution in [0.1, 0.15) is 46.5 Å². The second-order valence-electron chi connectivity index (χ2n) is 4.95. The molecule has 1 rings (SSSR count). The number of amides is 1. The van der Waals surface area contributed by atoms with E-state index in [1.807, 2.05) is 6.92 Å². The molecule has 2 N–H and O–H groups in total. The molecular weight excluding hydrogens is 252 g/mol. The second kappa shape index (κ2) is 9.59. The Balaban J connectivity index is 0.00000289. The maximum Gasteiger partial charge on any atom is 0.249 e. The van der Waals surface area contributed by atoms with E-state index in [1.165, 1.54) is 0 Å². The van der Waals surface area contributed by atoms with E-state index in [9.17, 15) is 4.79 Å². The minimum absolute atomic E-state index is 0. The summed E-state index contributed by atoms with van der Waals surface area (Å²) in [6.45, 7) is 7.75. The predicted octanol–water partition coefficient (Wildman–Crippen LogP) is 1.87. The summed E-state index contributed by atoms with van der Waals surface area (Å²) in [4.78, 5) is 11.9. The van der Waals surface area contributed by atoms with Crippen LogP contribution in [-0.2, 0) is 9.53 Å². The molecule has 4 nitrogen and oxygen atoms in total. The van der Waals surface area contributed by atoms with Crippen molar-refractivity contribution in [3.63, 3.8) is 0 Å². The van der Waals surface area contributed by atoms with Gasteiger partial charge in [-0.15, -0.1) is 12.4 Å². The van der Waals surface area contributed by atoms with Crippen LogP contribution in [0.3, 0.4) is 0 Å². The minimum atomic E-state index is -0.327. The highest BCUT2D eigenvalue weighted by molar-refractivity contribution is 5.85. The zero-order valence-corrected chi connectivity index (χ0v) is 12.5. The van der Waals surface area contributed by atoms with E-state index >= 15 is 0 Å². The molecule has 0 aromatic rings. The monoisotopic (exact) mass is 278 g/mol. The number of piperidine rings is 1. The van der Waals surface area contributed by atoms with Gasteiger partial charge in [0.15, 0.2) is 0 Å². The third-order valence-electron chi connectivity index (χ3n) is 3.21. The van der Waals surface area contributed by atoms with E-state index in [0.29, 0.717) is 18.7 Å². The Hall–Kier alpha value is -0.320. The number of unbranched alkanes of at least 4 members (excludes halogenated alkanes) is 1. The first-order valence-corrected chi connectivity index (χ1v) is 6.78. The van der Waals surface area contributed by atoms with Gasteiger partial charge in [-0.25, -0.2) is 0 Å². The highest BCUT2D eigenvalue weighted by Crippen LogP contribution is 2.08. The van der Waals surface area contributed by atoms with Crippen LogP contribution < -0.4 is 10.6 Å². The van der Waals surface area contributed by atoms with Gasteiger partial charge in [-0.1, -0.05) is 13.3 Å². The Bertz CT molecular complexity index is 239. The Labute approximate surface area is 117 Å². The van der Waals surface area contributed by atoms with E-state index in [2.05, 4.69) is 24.5 Å². The van der Waals surface area contributed by atoms with E-state index in [1.54, 1.807) is 0 Å². The Morgan fingerprint density at radius 2 is 2.28 bits per heavy atom. The second-order valence-corrected chi connectivity index (χ2v) is 4.95. The van der Waals surface area contributed by atoms with Gasteiger partial charge in [0.1, 0.15) is 6.10 Å². The predicted molar refractivity (Wildman–Crippen MR) is 76.2 cm³/mol. The van der Waals surface area contributed by atoms with Gasteiger partial charge >= 0.3 is 0 Å². The fourth-order valence-corrected chi connectivity index (χ4v) is 2.06. The molecule has 0 bridgehead atoms. The van der Waals surface area contributed by atoms with Crippen molar-refractivity contribution in [3.05, 3.63) is 0 Å². The molecule has 3 atom stereocenters. The molecule has 0 aromatic carbocycles. The molecule has 3 unspecified atom stereocenters. The first-order chi connectivity index (χ1) is 8.13. The lowest BCUT2D eigenvalue weighted by Crippen LogP contribution is -2.49. The van der Waals surface area contributed by atoms with Gasteiger partial charge in [0, 0.05) is 18.7 Å². The summed E-state index contributed by atoms with van der Waals surface area (Å²) in [5, 5.41) is 6.45. The summed E-state index contributed by atoms with van der Waals surface area (Å²) in [6.07, 6.45) is 3.81. The third-order valence-corrected chi connectivity index (χ3v) is 3.21. The smallest absolute Gasteiger partial charge is 0.249 e. The molecule has 1 saturated heterocycles. The third kappa shape index (κ3) is 6.57. The zero-order valence-electron chi connectivity index (χ0n) is 11.7. The molecule has 1 heterocycles. The zero-order chi connectivity index (χ0) is 12.7. The lowest BCUT2D eigenvalue weighted by Gasteiger charge is -2.29. The van der Waals surface area contributed by atoms with Crippen molar-refractivity contribution in [3.8, 4) is 0 Å². The number of hydrogen-bond donors (Lipinski definition) is 2. The topological polar surface area (TPSA) is 50.4 Å². The van der Waals surface area contributed by atoms with Crippen LogP contribution in [0.4, 0.5) is 0 Å². The van der Waals surface area contributed by atoms with Gasteiger partial charge in [-0.2, -0.15) is 0 Å². The van der Waals surface area contributed by atoms with E-state index in [4.69, 9.17) is 4.74 Å². The Morgan fingerprint density at radius 3 is 2.89 bits per heavy atom. The number of ether oxygens (including phenoxy) is 1. The molecule has 0 aromatic heterocycles. The standard InChI is InChI=1S/C13H26N2O2.ClH/c1-4-5-8-17-11(3)13(16)15-12-6-7-14-10(2)9-12;/h10-12,14H,4-9H2,1-3H3,(H,15,16);1H. The fourth-order valence-electron chi connectivity index (χ4n) is 2.06.